The molecule has 0 bridgehead atoms. The molecular weight excluding hydrogens is 328 g/mol. The monoisotopic (exact) mass is 342 g/mol. The van der Waals surface area contributed by atoms with Crippen molar-refractivity contribution in [2.45, 2.75) is 12.8 Å². The van der Waals surface area contributed by atoms with Gasteiger partial charge in [-0.25, -0.2) is 19.7 Å². The minimum atomic E-state index is -0.925. The number of benzene rings is 1. The Balaban J connectivity index is 2.13. The number of carbonyl (C=O) groups excluding carboxylic acids is 2. The van der Waals surface area contributed by atoms with Crippen LogP contribution in [0.5, 0.6) is 0 Å². The van der Waals surface area contributed by atoms with E-state index in [1.165, 1.54) is 24.5 Å². The molecule has 0 fully saturated rings. The SMILES string of the molecule is COC(=O)c1cc(C)nc(C(C(N)=O)c2nc3ccccc3s2)n1. The third-order valence-corrected chi connectivity index (χ3v) is 4.47. The van der Waals surface area contributed by atoms with E-state index < -0.39 is 17.8 Å². The third-order valence-electron chi connectivity index (χ3n) is 3.37. The number of aryl methyl sites for hydroxylation is 1. The molecule has 0 aliphatic rings. The zero-order valence-electron chi connectivity index (χ0n) is 13.0. The van der Waals surface area contributed by atoms with Crippen LogP contribution in [0.15, 0.2) is 30.3 Å². The normalized spacial score (nSPS) is 12.1. The molecule has 0 saturated carbocycles. The largest absolute Gasteiger partial charge is 0.464 e. The van der Waals surface area contributed by atoms with Gasteiger partial charge in [0.25, 0.3) is 0 Å². The zero-order valence-corrected chi connectivity index (χ0v) is 13.8. The Morgan fingerprint density at radius 2 is 1.96 bits per heavy atom. The molecule has 0 saturated heterocycles. The van der Waals surface area contributed by atoms with Crippen molar-refractivity contribution >= 4 is 33.4 Å². The number of amides is 1. The summed E-state index contributed by atoms with van der Waals surface area (Å²) in [5.41, 5.74) is 6.94. The summed E-state index contributed by atoms with van der Waals surface area (Å²) in [6.07, 6.45) is 0. The summed E-state index contributed by atoms with van der Waals surface area (Å²) in [6, 6.07) is 9.01. The van der Waals surface area contributed by atoms with Gasteiger partial charge in [0.15, 0.2) is 5.69 Å². The maximum atomic E-state index is 12.0. The van der Waals surface area contributed by atoms with Crippen LogP contribution in [0, 0.1) is 6.92 Å². The van der Waals surface area contributed by atoms with Crippen LogP contribution in [0.4, 0.5) is 0 Å². The molecule has 0 aliphatic carbocycles. The van der Waals surface area contributed by atoms with Crippen molar-refractivity contribution in [2.75, 3.05) is 7.11 Å². The van der Waals surface area contributed by atoms with Gasteiger partial charge in [-0.2, -0.15) is 0 Å². The van der Waals surface area contributed by atoms with E-state index in [0.717, 1.165) is 10.2 Å². The maximum Gasteiger partial charge on any atom is 0.356 e. The first-order valence-electron chi connectivity index (χ1n) is 7.08. The number of hydrogen-bond acceptors (Lipinski definition) is 7. The molecule has 3 aromatic rings. The van der Waals surface area contributed by atoms with Crippen LogP contribution < -0.4 is 5.73 Å². The highest BCUT2D eigenvalue weighted by Crippen LogP contribution is 2.30. The second kappa shape index (κ2) is 6.32. The molecule has 1 aromatic carbocycles. The van der Waals surface area contributed by atoms with Gasteiger partial charge >= 0.3 is 5.97 Å². The predicted octanol–water partition coefficient (Wildman–Crippen LogP) is 1.80. The number of thiazole rings is 1. The van der Waals surface area contributed by atoms with Gasteiger partial charge in [-0.15, -0.1) is 11.3 Å². The first-order valence-corrected chi connectivity index (χ1v) is 7.90. The average molecular weight is 342 g/mol. The Morgan fingerprint density at radius 3 is 2.62 bits per heavy atom. The molecule has 24 heavy (non-hydrogen) atoms. The van der Waals surface area contributed by atoms with E-state index in [-0.39, 0.29) is 11.5 Å². The molecule has 1 atom stereocenters. The lowest BCUT2D eigenvalue weighted by Gasteiger charge is -2.11. The molecule has 122 valence electrons. The van der Waals surface area contributed by atoms with Crippen molar-refractivity contribution < 1.29 is 14.3 Å². The molecule has 0 spiro atoms. The van der Waals surface area contributed by atoms with Crippen molar-refractivity contribution in [3.63, 3.8) is 0 Å². The van der Waals surface area contributed by atoms with Crippen LogP contribution >= 0.6 is 11.3 Å². The van der Waals surface area contributed by atoms with Crippen LogP contribution in [-0.4, -0.2) is 33.9 Å². The first-order chi connectivity index (χ1) is 11.5. The Kier molecular flexibility index (Phi) is 4.22. The molecule has 0 radical (unpaired) electrons. The fraction of sp³-hybridized carbons (Fsp3) is 0.188. The van der Waals surface area contributed by atoms with Gasteiger partial charge in [0, 0.05) is 5.69 Å². The van der Waals surface area contributed by atoms with E-state index in [0.29, 0.717) is 10.7 Å². The molecule has 0 aliphatic heterocycles. The summed E-state index contributed by atoms with van der Waals surface area (Å²) in [4.78, 5) is 36.7. The van der Waals surface area contributed by atoms with Gasteiger partial charge in [0.1, 0.15) is 16.7 Å². The molecule has 2 aromatic heterocycles. The summed E-state index contributed by atoms with van der Waals surface area (Å²) >= 11 is 1.35. The van der Waals surface area contributed by atoms with Crippen LogP contribution in [0.2, 0.25) is 0 Å². The van der Waals surface area contributed by atoms with Gasteiger partial charge in [0.05, 0.1) is 17.3 Å². The molecular formula is C16H14N4O3S. The summed E-state index contributed by atoms with van der Waals surface area (Å²) in [5.74, 6) is -2.02. The van der Waals surface area contributed by atoms with Crippen molar-refractivity contribution in [2.24, 2.45) is 5.73 Å². The lowest BCUT2D eigenvalue weighted by atomic mass is 10.1. The van der Waals surface area contributed by atoms with Crippen LogP contribution in [0.25, 0.3) is 10.2 Å². The lowest BCUT2D eigenvalue weighted by Crippen LogP contribution is -2.25. The van der Waals surface area contributed by atoms with Crippen LogP contribution in [-0.2, 0) is 9.53 Å². The lowest BCUT2D eigenvalue weighted by molar-refractivity contribution is -0.118. The van der Waals surface area contributed by atoms with Gasteiger partial charge in [-0.05, 0) is 25.1 Å². The second-order valence-corrected chi connectivity index (χ2v) is 6.16. The van der Waals surface area contributed by atoms with Crippen molar-refractivity contribution in [1.82, 2.24) is 15.0 Å². The van der Waals surface area contributed by atoms with E-state index in [4.69, 9.17) is 5.73 Å². The molecule has 3 rings (SSSR count). The fourth-order valence-electron chi connectivity index (χ4n) is 2.30. The molecule has 2 N–H and O–H groups in total. The zero-order chi connectivity index (χ0) is 17.3. The quantitative estimate of drug-likeness (QED) is 0.724. The second-order valence-electron chi connectivity index (χ2n) is 5.10. The summed E-state index contributed by atoms with van der Waals surface area (Å²) < 4.78 is 5.61. The van der Waals surface area contributed by atoms with Gasteiger partial charge in [-0.1, -0.05) is 12.1 Å². The number of esters is 1. The number of para-hydroxylation sites is 1. The molecule has 7 nitrogen and oxygen atoms in total. The number of ether oxygens (including phenoxy) is 1. The van der Waals surface area contributed by atoms with Crippen molar-refractivity contribution in [3.05, 3.63) is 52.6 Å². The van der Waals surface area contributed by atoms with E-state index >= 15 is 0 Å². The molecule has 1 amide bonds. The standard InChI is InChI=1S/C16H14N4O3S/c1-8-7-10(16(22)23-2)19-14(18-8)12(13(17)21)15-20-9-5-3-4-6-11(9)24-15/h3-7,12H,1-2H3,(H2,17,21). The third kappa shape index (κ3) is 2.95. The number of methoxy groups -OCH3 is 1. The first kappa shape index (κ1) is 16.0. The summed E-state index contributed by atoms with van der Waals surface area (Å²) in [7, 11) is 1.26. The van der Waals surface area contributed by atoms with Gasteiger partial charge in [-0.3, -0.25) is 4.79 Å². The Morgan fingerprint density at radius 1 is 1.21 bits per heavy atom. The number of fused-ring (bicyclic) bond motifs is 1. The van der Waals surface area contributed by atoms with E-state index in [1.54, 1.807) is 6.92 Å². The van der Waals surface area contributed by atoms with E-state index in [1.807, 2.05) is 24.3 Å². The minimum absolute atomic E-state index is 0.0763. The molecule has 1 unspecified atom stereocenters. The van der Waals surface area contributed by atoms with Gasteiger partial charge < -0.3 is 10.5 Å². The highest BCUT2D eigenvalue weighted by Gasteiger charge is 2.28. The Labute approximate surface area is 141 Å². The maximum absolute atomic E-state index is 12.0. The summed E-state index contributed by atoms with van der Waals surface area (Å²) in [6.45, 7) is 1.70. The van der Waals surface area contributed by atoms with E-state index in [9.17, 15) is 9.59 Å². The topological polar surface area (TPSA) is 108 Å². The van der Waals surface area contributed by atoms with Crippen molar-refractivity contribution in [1.29, 1.82) is 0 Å². The number of primary amides is 1. The highest BCUT2D eigenvalue weighted by molar-refractivity contribution is 7.18. The number of aromatic nitrogens is 3. The smallest absolute Gasteiger partial charge is 0.356 e. The van der Waals surface area contributed by atoms with Crippen LogP contribution in [0.3, 0.4) is 0 Å². The Hall–Kier alpha value is -2.87. The minimum Gasteiger partial charge on any atom is -0.464 e. The van der Waals surface area contributed by atoms with Crippen molar-refractivity contribution in [3.8, 4) is 0 Å². The number of nitrogens with zero attached hydrogens (tertiary/aromatic N) is 3. The number of rotatable bonds is 4. The average Bonchev–Trinajstić information content (AvgIpc) is 2.96. The highest BCUT2D eigenvalue weighted by atomic mass is 32.1. The molecule has 8 heteroatoms. The fourth-order valence-corrected chi connectivity index (χ4v) is 3.38. The molecule has 2 heterocycles. The van der Waals surface area contributed by atoms with E-state index in [2.05, 4.69) is 19.7 Å². The number of nitrogens with two attached hydrogens (primary N) is 1. The number of hydrogen-bond donors (Lipinski definition) is 1. The Bertz CT molecular complexity index is 905. The number of carbonyl (C=O) groups is 2. The predicted molar refractivity (Wildman–Crippen MR) is 88.8 cm³/mol. The van der Waals surface area contributed by atoms with Gasteiger partial charge in [0.2, 0.25) is 5.91 Å². The van der Waals surface area contributed by atoms with Crippen LogP contribution in [0.1, 0.15) is 32.9 Å². The summed E-state index contributed by atoms with van der Waals surface area (Å²) in [5, 5.41) is 0.491.